The second kappa shape index (κ2) is 10.1. The molecule has 0 radical (unpaired) electrons. The molecule has 2 rings (SSSR count). The Morgan fingerprint density at radius 2 is 2.04 bits per heavy atom. The number of ether oxygens (including phenoxy) is 1. The van der Waals surface area contributed by atoms with Crippen molar-refractivity contribution in [2.24, 2.45) is 12.0 Å². The maximum absolute atomic E-state index is 5.71. The molecule has 0 amide bonds. The number of hydrogen-bond donors (Lipinski definition) is 2. The molecule has 0 saturated heterocycles. The quantitative estimate of drug-likeness (QED) is 0.406. The van der Waals surface area contributed by atoms with Gasteiger partial charge in [0.25, 0.3) is 0 Å². The lowest BCUT2D eigenvalue weighted by Gasteiger charge is -2.13. The first kappa shape index (κ1) is 20.2. The average molecular weight is 444 g/mol. The summed E-state index contributed by atoms with van der Waals surface area (Å²) in [7, 11) is 3.60. The van der Waals surface area contributed by atoms with Crippen LogP contribution in [-0.2, 0) is 20.1 Å². The summed E-state index contributed by atoms with van der Waals surface area (Å²) in [6.07, 6.45) is 1.70. The van der Waals surface area contributed by atoms with E-state index in [0.29, 0.717) is 19.0 Å². The maximum atomic E-state index is 5.71. The van der Waals surface area contributed by atoms with E-state index < -0.39 is 0 Å². The van der Waals surface area contributed by atoms with Gasteiger partial charge in [-0.05, 0) is 31.5 Å². The van der Waals surface area contributed by atoms with Gasteiger partial charge in [-0.1, -0.05) is 12.1 Å². The predicted molar refractivity (Wildman–Crippen MR) is 106 cm³/mol. The van der Waals surface area contributed by atoms with Gasteiger partial charge in [-0.15, -0.1) is 24.0 Å². The summed E-state index contributed by atoms with van der Waals surface area (Å²) in [5.41, 5.74) is 1.13. The van der Waals surface area contributed by atoms with Crippen molar-refractivity contribution in [1.29, 1.82) is 0 Å². The molecule has 8 heteroatoms. The van der Waals surface area contributed by atoms with Crippen LogP contribution in [0.2, 0.25) is 0 Å². The Labute approximate surface area is 159 Å². The van der Waals surface area contributed by atoms with Crippen molar-refractivity contribution < 1.29 is 4.74 Å². The Balaban J connectivity index is 0.00000288. The van der Waals surface area contributed by atoms with E-state index in [1.165, 1.54) is 6.33 Å². The lowest BCUT2D eigenvalue weighted by atomic mass is 10.2. The zero-order valence-corrected chi connectivity index (χ0v) is 16.8. The summed E-state index contributed by atoms with van der Waals surface area (Å²) in [6, 6.07) is 8.04. The zero-order chi connectivity index (χ0) is 16.7. The lowest BCUT2D eigenvalue weighted by Crippen LogP contribution is -2.36. The van der Waals surface area contributed by atoms with Gasteiger partial charge < -0.3 is 15.4 Å². The standard InChI is InChI=1S/C16H24N6O.HI/c1-12(2)23-14-7-5-6-13(8-14)9-18-16(17-3)19-10-15-20-11-21-22(15)4;/h5-8,11-12H,9-10H2,1-4H3,(H2,17,18,19);1H. The monoisotopic (exact) mass is 444 g/mol. The van der Waals surface area contributed by atoms with E-state index in [4.69, 9.17) is 4.74 Å². The first-order chi connectivity index (χ1) is 11.1. The molecule has 132 valence electrons. The van der Waals surface area contributed by atoms with Crippen molar-refractivity contribution in [2.75, 3.05) is 7.05 Å². The highest BCUT2D eigenvalue weighted by Gasteiger charge is 2.04. The second-order valence-corrected chi connectivity index (χ2v) is 5.39. The van der Waals surface area contributed by atoms with E-state index in [1.54, 1.807) is 11.7 Å². The number of nitrogens with zero attached hydrogens (tertiary/aromatic N) is 4. The molecular formula is C16H25IN6O. The van der Waals surface area contributed by atoms with E-state index in [0.717, 1.165) is 17.1 Å². The van der Waals surface area contributed by atoms with Gasteiger partial charge in [0.15, 0.2) is 5.96 Å². The van der Waals surface area contributed by atoms with Gasteiger partial charge in [0.1, 0.15) is 17.9 Å². The Morgan fingerprint density at radius 3 is 2.67 bits per heavy atom. The number of hydrogen-bond acceptors (Lipinski definition) is 4. The van der Waals surface area contributed by atoms with Crippen molar-refractivity contribution in [2.45, 2.75) is 33.0 Å². The van der Waals surface area contributed by atoms with E-state index >= 15 is 0 Å². The molecule has 1 heterocycles. The van der Waals surface area contributed by atoms with Gasteiger partial charge in [0.2, 0.25) is 0 Å². The summed E-state index contributed by atoms with van der Waals surface area (Å²) in [5.74, 6) is 2.43. The SMILES string of the molecule is CN=C(NCc1cccc(OC(C)C)c1)NCc1ncnn1C.I. The fraction of sp³-hybridized carbons (Fsp3) is 0.438. The smallest absolute Gasteiger partial charge is 0.191 e. The first-order valence-corrected chi connectivity index (χ1v) is 7.61. The Morgan fingerprint density at radius 1 is 1.29 bits per heavy atom. The first-order valence-electron chi connectivity index (χ1n) is 7.61. The van der Waals surface area contributed by atoms with Gasteiger partial charge in [-0.3, -0.25) is 9.67 Å². The van der Waals surface area contributed by atoms with Crippen LogP contribution < -0.4 is 15.4 Å². The topological polar surface area (TPSA) is 76.4 Å². The Bertz CT molecular complexity index is 656. The highest BCUT2D eigenvalue weighted by atomic mass is 127. The molecule has 0 saturated carbocycles. The van der Waals surface area contributed by atoms with Gasteiger partial charge in [0.05, 0.1) is 12.6 Å². The van der Waals surface area contributed by atoms with Crippen LogP contribution in [0.5, 0.6) is 5.75 Å². The molecule has 0 aliphatic rings. The molecule has 1 aromatic carbocycles. The van der Waals surface area contributed by atoms with Gasteiger partial charge in [0, 0.05) is 20.6 Å². The summed E-state index contributed by atoms with van der Waals surface area (Å²) in [5, 5.41) is 10.5. The molecule has 0 fully saturated rings. The van der Waals surface area contributed by atoms with Crippen LogP contribution in [0.4, 0.5) is 0 Å². The van der Waals surface area contributed by atoms with E-state index in [9.17, 15) is 0 Å². The van der Waals surface area contributed by atoms with E-state index in [2.05, 4.69) is 31.8 Å². The summed E-state index contributed by atoms with van der Waals surface area (Å²) < 4.78 is 7.44. The summed E-state index contributed by atoms with van der Waals surface area (Å²) in [4.78, 5) is 8.38. The molecule has 2 aromatic rings. The molecule has 0 aliphatic heterocycles. The number of aliphatic imine (C=N–C) groups is 1. The van der Waals surface area contributed by atoms with Crippen molar-refractivity contribution in [1.82, 2.24) is 25.4 Å². The van der Waals surface area contributed by atoms with Crippen LogP contribution in [0.25, 0.3) is 0 Å². The average Bonchev–Trinajstić information content (AvgIpc) is 2.92. The number of benzene rings is 1. The van der Waals surface area contributed by atoms with Crippen LogP contribution in [0, 0.1) is 0 Å². The van der Waals surface area contributed by atoms with Crippen molar-refractivity contribution in [3.63, 3.8) is 0 Å². The highest BCUT2D eigenvalue weighted by molar-refractivity contribution is 14.0. The van der Waals surface area contributed by atoms with Crippen LogP contribution in [0.1, 0.15) is 25.2 Å². The molecule has 0 aliphatic carbocycles. The molecule has 0 spiro atoms. The third kappa shape index (κ3) is 6.34. The molecule has 2 N–H and O–H groups in total. The minimum absolute atomic E-state index is 0. The van der Waals surface area contributed by atoms with Gasteiger partial charge in [-0.25, -0.2) is 4.98 Å². The molecule has 0 atom stereocenters. The van der Waals surface area contributed by atoms with Crippen LogP contribution >= 0.6 is 24.0 Å². The van der Waals surface area contributed by atoms with Crippen LogP contribution in [-0.4, -0.2) is 33.9 Å². The fourth-order valence-electron chi connectivity index (χ4n) is 2.05. The van der Waals surface area contributed by atoms with Crippen LogP contribution in [0.15, 0.2) is 35.6 Å². The number of nitrogens with one attached hydrogen (secondary N) is 2. The number of rotatable bonds is 6. The largest absolute Gasteiger partial charge is 0.491 e. The molecule has 7 nitrogen and oxygen atoms in total. The minimum Gasteiger partial charge on any atom is -0.491 e. The normalized spacial score (nSPS) is 11.1. The van der Waals surface area contributed by atoms with Gasteiger partial charge in [-0.2, -0.15) is 5.10 Å². The third-order valence-electron chi connectivity index (χ3n) is 3.17. The molecular weight excluding hydrogens is 419 g/mol. The fourth-order valence-corrected chi connectivity index (χ4v) is 2.05. The molecule has 0 bridgehead atoms. The van der Waals surface area contributed by atoms with Crippen molar-refractivity contribution >= 4 is 29.9 Å². The third-order valence-corrected chi connectivity index (χ3v) is 3.17. The van der Waals surface area contributed by atoms with E-state index in [1.807, 2.05) is 39.1 Å². The van der Waals surface area contributed by atoms with Crippen molar-refractivity contribution in [3.8, 4) is 5.75 Å². The highest BCUT2D eigenvalue weighted by Crippen LogP contribution is 2.14. The number of halogens is 1. The van der Waals surface area contributed by atoms with E-state index in [-0.39, 0.29) is 30.1 Å². The van der Waals surface area contributed by atoms with Crippen molar-refractivity contribution in [3.05, 3.63) is 42.0 Å². The summed E-state index contributed by atoms with van der Waals surface area (Å²) >= 11 is 0. The number of guanidine groups is 1. The Kier molecular flexibility index (Phi) is 8.51. The lowest BCUT2D eigenvalue weighted by molar-refractivity contribution is 0.242. The van der Waals surface area contributed by atoms with Crippen LogP contribution in [0.3, 0.4) is 0 Å². The zero-order valence-electron chi connectivity index (χ0n) is 14.5. The predicted octanol–water partition coefficient (Wildman–Crippen LogP) is 2.09. The molecule has 1 aromatic heterocycles. The van der Waals surface area contributed by atoms with Gasteiger partial charge >= 0.3 is 0 Å². The second-order valence-electron chi connectivity index (χ2n) is 5.39. The number of aromatic nitrogens is 3. The minimum atomic E-state index is 0. The maximum Gasteiger partial charge on any atom is 0.191 e. The molecule has 0 unspecified atom stereocenters. The molecule has 24 heavy (non-hydrogen) atoms. The Hall–Kier alpha value is -1.84. The number of aryl methyl sites for hydroxylation is 1. The summed E-state index contributed by atoms with van der Waals surface area (Å²) in [6.45, 7) is 5.26.